The van der Waals surface area contributed by atoms with E-state index >= 15 is 0 Å². The zero-order chi connectivity index (χ0) is 14.3. The topological polar surface area (TPSA) is 80.9 Å². The minimum absolute atomic E-state index is 0.0858. The van der Waals surface area contributed by atoms with Crippen molar-refractivity contribution >= 4 is 22.5 Å². The third kappa shape index (κ3) is 1.80. The van der Waals surface area contributed by atoms with Gasteiger partial charge < -0.3 is 10.7 Å². The van der Waals surface area contributed by atoms with Gasteiger partial charge in [0.15, 0.2) is 5.78 Å². The highest BCUT2D eigenvalue weighted by molar-refractivity contribution is 5.98. The van der Waals surface area contributed by atoms with Crippen LogP contribution < -0.4 is 11.4 Å². The molecule has 0 radical (unpaired) electrons. The van der Waals surface area contributed by atoms with Gasteiger partial charge in [-0.1, -0.05) is 12.1 Å². The number of carbonyl (C=O) groups excluding carboxylic acids is 1. The maximum atomic E-state index is 12.2. The maximum absolute atomic E-state index is 12.2. The Kier molecular flexibility index (Phi) is 2.68. The Balaban J connectivity index is 2.39. The number of H-pyrrole nitrogens is 1. The summed E-state index contributed by atoms with van der Waals surface area (Å²) in [5.41, 5.74) is 8.41. The average molecular weight is 267 g/mol. The fourth-order valence-corrected chi connectivity index (χ4v) is 2.33. The van der Waals surface area contributed by atoms with E-state index in [9.17, 15) is 9.59 Å². The van der Waals surface area contributed by atoms with Gasteiger partial charge in [0.25, 0.3) is 0 Å². The van der Waals surface area contributed by atoms with Crippen LogP contribution in [0.25, 0.3) is 16.7 Å². The number of ketones is 1. The Morgan fingerprint density at radius 1 is 1.20 bits per heavy atom. The molecule has 0 saturated heterocycles. The predicted molar refractivity (Wildman–Crippen MR) is 78.3 cm³/mol. The van der Waals surface area contributed by atoms with Crippen molar-refractivity contribution < 1.29 is 4.79 Å². The zero-order valence-corrected chi connectivity index (χ0v) is 10.9. The number of nitrogens with one attached hydrogen (secondary N) is 1. The van der Waals surface area contributed by atoms with E-state index in [1.807, 2.05) is 0 Å². The number of Topliss-reactive ketones (excluding diaryl/α,β-unsaturated/α-hetero) is 1. The molecule has 0 aliphatic rings. The number of nitrogens with two attached hydrogens (primary N) is 1. The quantitative estimate of drug-likeness (QED) is 0.551. The summed E-state index contributed by atoms with van der Waals surface area (Å²) < 4.78 is 1.49. The molecule has 0 unspecified atom stereocenters. The number of aromatic amines is 1. The lowest BCUT2D eigenvalue weighted by Gasteiger charge is -2.08. The molecule has 1 aromatic heterocycles. The van der Waals surface area contributed by atoms with Crippen molar-refractivity contribution in [3.05, 3.63) is 58.5 Å². The molecule has 3 aromatic rings. The van der Waals surface area contributed by atoms with Gasteiger partial charge in [0.05, 0.1) is 16.7 Å². The molecule has 5 nitrogen and oxygen atoms in total. The van der Waals surface area contributed by atoms with Gasteiger partial charge in [0, 0.05) is 11.3 Å². The lowest BCUT2D eigenvalue weighted by Crippen LogP contribution is -2.17. The van der Waals surface area contributed by atoms with Crippen LogP contribution in [-0.4, -0.2) is 15.3 Å². The average Bonchev–Trinajstić information content (AvgIpc) is 2.73. The first-order chi connectivity index (χ1) is 9.58. The molecule has 5 heteroatoms. The molecule has 2 aromatic carbocycles. The number of nitrogens with zero attached hydrogens (tertiary/aromatic N) is 1. The van der Waals surface area contributed by atoms with Crippen molar-refractivity contribution in [2.75, 3.05) is 5.73 Å². The van der Waals surface area contributed by atoms with Crippen molar-refractivity contribution in [3.8, 4) is 5.69 Å². The molecule has 0 spiro atoms. The fourth-order valence-electron chi connectivity index (χ4n) is 2.33. The molecular weight excluding hydrogens is 254 g/mol. The summed E-state index contributed by atoms with van der Waals surface area (Å²) in [5, 5.41) is 0. The highest BCUT2D eigenvalue weighted by atomic mass is 16.1. The second kappa shape index (κ2) is 4.38. The van der Waals surface area contributed by atoms with Crippen molar-refractivity contribution in [2.45, 2.75) is 6.92 Å². The lowest BCUT2D eigenvalue weighted by molar-refractivity contribution is 0.101. The predicted octanol–water partition coefficient (Wildman–Crippen LogP) is 2.10. The minimum atomic E-state index is -0.292. The van der Waals surface area contributed by atoms with E-state index < -0.39 is 0 Å². The normalized spacial score (nSPS) is 10.8. The Bertz CT molecular complexity index is 874. The number of carbonyl (C=O) groups is 1. The number of hydrogen-bond donors (Lipinski definition) is 2. The van der Waals surface area contributed by atoms with Gasteiger partial charge in [0.1, 0.15) is 0 Å². The van der Waals surface area contributed by atoms with E-state index in [-0.39, 0.29) is 11.5 Å². The third-order valence-corrected chi connectivity index (χ3v) is 3.23. The molecule has 0 amide bonds. The zero-order valence-electron chi connectivity index (χ0n) is 10.9. The van der Waals surface area contributed by atoms with Crippen LogP contribution in [0.3, 0.4) is 0 Å². The van der Waals surface area contributed by atoms with E-state index in [2.05, 4.69) is 4.98 Å². The maximum Gasteiger partial charge on any atom is 0.331 e. The number of hydrogen-bond acceptors (Lipinski definition) is 3. The minimum Gasteiger partial charge on any atom is -0.399 e. The molecule has 3 rings (SSSR count). The number of aromatic nitrogens is 2. The summed E-state index contributed by atoms with van der Waals surface area (Å²) in [4.78, 5) is 26.6. The number of fused-ring (bicyclic) bond motifs is 1. The Morgan fingerprint density at radius 2 is 1.95 bits per heavy atom. The first kappa shape index (κ1) is 12.2. The van der Waals surface area contributed by atoms with Crippen LogP contribution in [0, 0.1) is 0 Å². The van der Waals surface area contributed by atoms with Crippen LogP contribution in [0.2, 0.25) is 0 Å². The monoisotopic (exact) mass is 267 g/mol. The van der Waals surface area contributed by atoms with Gasteiger partial charge in [-0.05, 0) is 37.3 Å². The van der Waals surface area contributed by atoms with E-state index in [0.29, 0.717) is 28.0 Å². The first-order valence-corrected chi connectivity index (χ1v) is 6.18. The number of benzene rings is 2. The highest BCUT2D eigenvalue weighted by Gasteiger charge is 2.14. The second-order valence-corrected chi connectivity index (χ2v) is 4.62. The molecule has 0 atom stereocenters. The molecule has 0 aliphatic heterocycles. The highest BCUT2D eigenvalue weighted by Crippen LogP contribution is 2.20. The third-order valence-electron chi connectivity index (χ3n) is 3.23. The molecule has 1 heterocycles. The van der Waals surface area contributed by atoms with Crippen LogP contribution in [0.15, 0.2) is 47.3 Å². The van der Waals surface area contributed by atoms with Gasteiger partial charge in [-0.3, -0.25) is 9.36 Å². The molecule has 0 aliphatic carbocycles. The van der Waals surface area contributed by atoms with Gasteiger partial charge in [-0.15, -0.1) is 0 Å². The summed E-state index contributed by atoms with van der Waals surface area (Å²) in [5.74, 6) is -0.0858. The second-order valence-electron chi connectivity index (χ2n) is 4.62. The summed E-state index contributed by atoms with van der Waals surface area (Å²) in [6, 6.07) is 12.2. The number of imidazole rings is 1. The molecule has 20 heavy (non-hydrogen) atoms. The SMILES string of the molecule is CC(=O)c1ccccc1-n1c(=O)[nH]c2cc(N)ccc21. The van der Waals surface area contributed by atoms with Crippen molar-refractivity contribution in [3.63, 3.8) is 0 Å². The van der Waals surface area contributed by atoms with Gasteiger partial charge in [-0.2, -0.15) is 0 Å². The molecule has 3 N–H and O–H groups in total. The standard InChI is InChI=1S/C15H13N3O2/c1-9(19)11-4-2-3-5-13(11)18-14-7-6-10(16)8-12(14)17-15(18)20/h2-8H,16H2,1H3,(H,17,20). The summed E-state index contributed by atoms with van der Waals surface area (Å²) >= 11 is 0. The summed E-state index contributed by atoms with van der Waals surface area (Å²) in [6.45, 7) is 1.48. The van der Waals surface area contributed by atoms with E-state index in [1.54, 1.807) is 42.5 Å². The molecule has 0 fully saturated rings. The van der Waals surface area contributed by atoms with Crippen LogP contribution in [0.1, 0.15) is 17.3 Å². The van der Waals surface area contributed by atoms with E-state index in [1.165, 1.54) is 11.5 Å². The van der Waals surface area contributed by atoms with Gasteiger partial charge >= 0.3 is 5.69 Å². The number of anilines is 1. The number of nitrogen functional groups attached to an aromatic ring is 1. The number of para-hydroxylation sites is 1. The lowest BCUT2D eigenvalue weighted by atomic mass is 10.1. The Hall–Kier alpha value is -2.82. The molecule has 0 bridgehead atoms. The Morgan fingerprint density at radius 3 is 2.70 bits per heavy atom. The molecule has 100 valence electrons. The van der Waals surface area contributed by atoms with Crippen molar-refractivity contribution in [1.82, 2.24) is 9.55 Å². The first-order valence-electron chi connectivity index (χ1n) is 6.18. The van der Waals surface area contributed by atoms with Crippen LogP contribution in [0.4, 0.5) is 5.69 Å². The van der Waals surface area contributed by atoms with E-state index in [0.717, 1.165) is 0 Å². The van der Waals surface area contributed by atoms with E-state index in [4.69, 9.17) is 5.73 Å². The van der Waals surface area contributed by atoms with Gasteiger partial charge in [-0.25, -0.2) is 4.79 Å². The summed E-state index contributed by atoms with van der Waals surface area (Å²) in [6.07, 6.45) is 0. The molecule has 0 saturated carbocycles. The number of rotatable bonds is 2. The summed E-state index contributed by atoms with van der Waals surface area (Å²) in [7, 11) is 0. The van der Waals surface area contributed by atoms with Crippen LogP contribution in [0.5, 0.6) is 0 Å². The molecular formula is C15H13N3O2. The van der Waals surface area contributed by atoms with Gasteiger partial charge in [0.2, 0.25) is 0 Å². The largest absolute Gasteiger partial charge is 0.399 e. The Labute approximate surface area is 114 Å². The fraction of sp³-hybridized carbons (Fsp3) is 0.0667. The van der Waals surface area contributed by atoms with Crippen LogP contribution >= 0.6 is 0 Å². The van der Waals surface area contributed by atoms with Crippen LogP contribution in [-0.2, 0) is 0 Å². The smallest absolute Gasteiger partial charge is 0.331 e. The van der Waals surface area contributed by atoms with Crippen molar-refractivity contribution in [1.29, 1.82) is 0 Å². The van der Waals surface area contributed by atoms with Crippen molar-refractivity contribution in [2.24, 2.45) is 0 Å².